The zero-order valence-corrected chi connectivity index (χ0v) is 12.2. The van der Waals surface area contributed by atoms with Crippen molar-refractivity contribution in [1.82, 2.24) is 15.2 Å². The molecule has 110 valence electrons. The number of hydrogen-bond acceptors (Lipinski definition) is 3. The summed E-state index contributed by atoms with van der Waals surface area (Å²) in [6.07, 6.45) is 3.43. The molecule has 4 nitrogen and oxygen atoms in total. The molecule has 0 aliphatic carbocycles. The third-order valence-electron chi connectivity index (χ3n) is 3.94. The van der Waals surface area contributed by atoms with Crippen molar-refractivity contribution in [2.24, 2.45) is 0 Å². The molecule has 3 rings (SSSR count). The molecule has 4 heteroatoms. The van der Waals surface area contributed by atoms with Gasteiger partial charge < -0.3 is 10.2 Å². The van der Waals surface area contributed by atoms with Gasteiger partial charge in [-0.2, -0.15) is 0 Å². The fourth-order valence-electron chi connectivity index (χ4n) is 2.73. The molecular weight excluding hydrogens is 262 g/mol. The summed E-state index contributed by atoms with van der Waals surface area (Å²) in [5.41, 5.74) is 1.43. The number of rotatable bonds is 1. The Morgan fingerprint density at radius 2 is 1.90 bits per heavy atom. The molecule has 2 aromatic rings. The summed E-state index contributed by atoms with van der Waals surface area (Å²) in [5, 5.41) is 4.45. The van der Waals surface area contributed by atoms with Crippen molar-refractivity contribution in [1.29, 1.82) is 0 Å². The third kappa shape index (κ3) is 3.39. The van der Waals surface area contributed by atoms with E-state index in [1.807, 2.05) is 41.3 Å². The number of hydrogen-bond donors (Lipinski definition) is 1. The molecule has 0 spiro atoms. The molecule has 1 fully saturated rings. The van der Waals surface area contributed by atoms with Crippen molar-refractivity contribution in [2.75, 3.05) is 26.2 Å². The van der Waals surface area contributed by atoms with Gasteiger partial charge in [0.15, 0.2) is 0 Å². The molecule has 0 radical (unpaired) electrons. The lowest BCUT2D eigenvalue weighted by Crippen LogP contribution is -2.37. The van der Waals surface area contributed by atoms with Crippen LogP contribution in [0.15, 0.2) is 36.4 Å². The van der Waals surface area contributed by atoms with Gasteiger partial charge in [-0.05, 0) is 31.5 Å². The van der Waals surface area contributed by atoms with Crippen LogP contribution in [0.1, 0.15) is 29.8 Å². The summed E-state index contributed by atoms with van der Waals surface area (Å²) in [5.74, 6) is 0.0458. The topological polar surface area (TPSA) is 45.2 Å². The normalized spacial score (nSPS) is 17.0. The summed E-state index contributed by atoms with van der Waals surface area (Å²) in [4.78, 5) is 19.1. The molecule has 2 heterocycles. The Balaban J connectivity index is 1.80. The van der Waals surface area contributed by atoms with Crippen molar-refractivity contribution >= 4 is 16.8 Å². The highest BCUT2D eigenvalue weighted by molar-refractivity contribution is 5.94. The average molecular weight is 283 g/mol. The van der Waals surface area contributed by atoms with Gasteiger partial charge in [0.2, 0.25) is 0 Å². The number of fused-ring (bicyclic) bond motifs is 1. The number of pyridine rings is 1. The number of para-hydroxylation sites is 1. The number of amides is 1. The van der Waals surface area contributed by atoms with E-state index in [4.69, 9.17) is 0 Å². The Morgan fingerprint density at radius 3 is 2.86 bits per heavy atom. The number of benzene rings is 1. The predicted molar refractivity (Wildman–Crippen MR) is 84.4 cm³/mol. The number of nitrogens with one attached hydrogen (secondary N) is 1. The van der Waals surface area contributed by atoms with Gasteiger partial charge in [-0.3, -0.25) is 4.79 Å². The largest absolute Gasteiger partial charge is 0.336 e. The van der Waals surface area contributed by atoms with E-state index in [-0.39, 0.29) is 5.91 Å². The van der Waals surface area contributed by atoms with E-state index >= 15 is 0 Å². The lowest BCUT2D eigenvalue weighted by atomic mass is 10.2. The van der Waals surface area contributed by atoms with Crippen LogP contribution in [0.5, 0.6) is 0 Å². The minimum absolute atomic E-state index is 0.0458. The van der Waals surface area contributed by atoms with Crippen LogP contribution >= 0.6 is 0 Å². The number of carbonyl (C=O) groups is 1. The van der Waals surface area contributed by atoms with E-state index in [0.717, 1.165) is 43.5 Å². The van der Waals surface area contributed by atoms with Crippen LogP contribution in [0.2, 0.25) is 0 Å². The summed E-state index contributed by atoms with van der Waals surface area (Å²) in [6.45, 7) is 3.50. The monoisotopic (exact) mass is 283 g/mol. The van der Waals surface area contributed by atoms with Crippen LogP contribution in [-0.2, 0) is 0 Å². The van der Waals surface area contributed by atoms with E-state index in [9.17, 15) is 4.79 Å². The van der Waals surface area contributed by atoms with Gasteiger partial charge in [-0.15, -0.1) is 0 Å². The minimum Gasteiger partial charge on any atom is -0.336 e. The van der Waals surface area contributed by atoms with Crippen molar-refractivity contribution < 1.29 is 4.79 Å². The first kappa shape index (κ1) is 14.0. The zero-order valence-electron chi connectivity index (χ0n) is 12.2. The molecule has 1 aromatic heterocycles. The van der Waals surface area contributed by atoms with Gasteiger partial charge in [0.25, 0.3) is 5.91 Å². The average Bonchev–Trinajstić information content (AvgIpc) is 2.67. The van der Waals surface area contributed by atoms with E-state index in [1.165, 1.54) is 12.8 Å². The van der Waals surface area contributed by atoms with Crippen molar-refractivity contribution in [3.63, 3.8) is 0 Å². The van der Waals surface area contributed by atoms with Crippen LogP contribution in [-0.4, -0.2) is 42.0 Å². The zero-order chi connectivity index (χ0) is 14.5. The van der Waals surface area contributed by atoms with Gasteiger partial charge in [0, 0.05) is 25.0 Å². The number of aromatic nitrogens is 1. The maximum atomic E-state index is 12.7. The Bertz CT molecular complexity index is 616. The molecular formula is C17H21N3O. The number of nitrogens with zero attached hydrogens (tertiary/aromatic N) is 2. The van der Waals surface area contributed by atoms with Gasteiger partial charge in [-0.1, -0.05) is 30.7 Å². The molecule has 1 aliphatic heterocycles. The highest BCUT2D eigenvalue weighted by Gasteiger charge is 2.17. The van der Waals surface area contributed by atoms with Crippen molar-refractivity contribution in [3.05, 3.63) is 42.1 Å². The highest BCUT2D eigenvalue weighted by atomic mass is 16.2. The summed E-state index contributed by atoms with van der Waals surface area (Å²) in [7, 11) is 0. The molecule has 1 aliphatic rings. The lowest BCUT2D eigenvalue weighted by molar-refractivity contribution is 0.0751. The van der Waals surface area contributed by atoms with Gasteiger partial charge in [-0.25, -0.2) is 4.98 Å². The molecule has 0 atom stereocenters. The lowest BCUT2D eigenvalue weighted by Gasteiger charge is -2.21. The molecule has 1 N–H and O–H groups in total. The Morgan fingerprint density at radius 1 is 1.00 bits per heavy atom. The van der Waals surface area contributed by atoms with Crippen LogP contribution in [0.4, 0.5) is 0 Å². The number of carbonyl (C=O) groups excluding carboxylic acids is 1. The van der Waals surface area contributed by atoms with Gasteiger partial charge >= 0.3 is 0 Å². The summed E-state index contributed by atoms with van der Waals surface area (Å²) in [6, 6.07) is 11.7. The van der Waals surface area contributed by atoms with Crippen LogP contribution in [0.3, 0.4) is 0 Å². The quantitative estimate of drug-likeness (QED) is 0.874. The van der Waals surface area contributed by atoms with E-state index in [0.29, 0.717) is 5.69 Å². The first-order valence-corrected chi connectivity index (χ1v) is 7.70. The second kappa shape index (κ2) is 6.68. The van der Waals surface area contributed by atoms with E-state index in [2.05, 4.69) is 10.3 Å². The first-order chi connectivity index (χ1) is 10.3. The van der Waals surface area contributed by atoms with Crippen molar-refractivity contribution in [3.8, 4) is 0 Å². The first-order valence-electron chi connectivity index (χ1n) is 7.70. The molecule has 1 saturated heterocycles. The fraction of sp³-hybridized carbons (Fsp3) is 0.412. The minimum atomic E-state index is 0.0458. The second-order valence-corrected chi connectivity index (χ2v) is 5.49. The Kier molecular flexibility index (Phi) is 4.46. The highest BCUT2D eigenvalue weighted by Crippen LogP contribution is 2.13. The van der Waals surface area contributed by atoms with Crippen LogP contribution in [0, 0.1) is 0 Å². The maximum Gasteiger partial charge on any atom is 0.272 e. The third-order valence-corrected chi connectivity index (χ3v) is 3.94. The SMILES string of the molecule is O=C(c1ccc2ccccc2n1)N1CCCCCNCC1. The Labute approximate surface area is 125 Å². The van der Waals surface area contributed by atoms with E-state index in [1.54, 1.807) is 0 Å². The second-order valence-electron chi connectivity index (χ2n) is 5.49. The fourth-order valence-corrected chi connectivity index (χ4v) is 2.73. The molecule has 0 bridgehead atoms. The molecule has 1 aromatic carbocycles. The Hall–Kier alpha value is -1.94. The summed E-state index contributed by atoms with van der Waals surface area (Å²) >= 11 is 0. The predicted octanol–water partition coefficient (Wildman–Crippen LogP) is 2.45. The molecule has 0 unspecified atom stereocenters. The maximum absolute atomic E-state index is 12.7. The smallest absolute Gasteiger partial charge is 0.272 e. The van der Waals surface area contributed by atoms with Gasteiger partial charge in [0.05, 0.1) is 5.52 Å². The van der Waals surface area contributed by atoms with Crippen LogP contribution in [0.25, 0.3) is 10.9 Å². The van der Waals surface area contributed by atoms with Gasteiger partial charge in [0.1, 0.15) is 5.69 Å². The van der Waals surface area contributed by atoms with Crippen LogP contribution < -0.4 is 5.32 Å². The molecule has 1 amide bonds. The summed E-state index contributed by atoms with van der Waals surface area (Å²) < 4.78 is 0. The molecule has 0 saturated carbocycles. The molecule has 21 heavy (non-hydrogen) atoms. The van der Waals surface area contributed by atoms with E-state index < -0.39 is 0 Å². The standard InChI is InChI=1S/C17H21N3O/c21-17(20-12-5-1-4-10-18-11-13-20)16-9-8-14-6-2-3-7-15(14)19-16/h2-3,6-9,18H,1,4-5,10-13H2. The van der Waals surface area contributed by atoms with Crippen molar-refractivity contribution in [2.45, 2.75) is 19.3 Å².